The summed E-state index contributed by atoms with van der Waals surface area (Å²) in [5.41, 5.74) is 1.19. The van der Waals surface area contributed by atoms with Crippen molar-refractivity contribution in [3.63, 3.8) is 0 Å². The van der Waals surface area contributed by atoms with Crippen LogP contribution in [0.3, 0.4) is 0 Å². The molecule has 1 aliphatic carbocycles. The van der Waals surface area contributed by atoms with Gasteiger partial charge in [-0.2, -0.15) is 0 Å². The second-order valence-corrected chi connectivity index (χ2v) is 6.80. The summed E-state index contributed by atoms with van der Waals surface area (Å²) in [5.74, 6) is 0.800. The second kappa shape index (κ2) is 8.46. The van der Waals surface area contributed by atoms with Crippen LogP contribution in [-0.4, -0.2) is 43.7 Å². The third-order valence-electron chi connectivity index (χ3n) is 5.03. The SMILES string of the molecule is O=C(CC1CCCC1)NC(CN1CCOCC1)c1ccccc1. The highest BCUT2D eigenvalue weighted by Gasteiger charge is 2.23. The number of nitrogens with one attached hydrogen (secondary N) is 1. The normalized spacial score (nSPS) is 21.2. The van der Waals surface area contributed by atoms with Gasteiger partial charge in [-0.15, -0.1) is 0 Å². The summed E-state index contributed by atoms with van der Waals surface area (Å²) in [4.78, 5) is 14.9. The molecule has 3 rings (SSSR count). The molecule has 2 fully saturated rings. The van der Waals surface area contributed by atoms with Gasteiger partial charge in [-0.3, -0.25) is 9.69 Å². The van der Waals surface area contributed by atoms with E-state index >= 15 is 0 Å². The van der Waals surface area contributed by atoms with Gasteiger partial charge < -0.3 is 10.1 Å². The van der Waals surface area contributed by atoms with Crippen LogP contribution in [0.15, 0.2) is 30.3 Å². The molecule has 1 N–H and O–H groups in total. The van der Waals surface area contributed by atoms with Crippen molar-refractivity contribution < 1.29 is 9.53 Å². The average Bonchev–Trinajstić information content (AvgIpc) is 3.09. The molecule has 1 atom stereocenters. The van der Waals surface area contributed by atoms with Crippen molar-refractivity contribution in [2.45, 2.75) is 38.1 Å². The van der Waals surface area contributed by atoms with E-state index in [1.54, 1.807) is 0 Å². The fourth-order valence-corrected chi connectivity index (χ4v) is 3.69. The molecule has 4 heteroatoms. The van der Waals surface area contributed by atoms with Gasteiger partial charge >= 0.3 is 0 Å². The molecule has 1 aliphatic heterocycles. The number of morpholine rings is 1. The lowest BCUT2D eigenvalue weighted by molar-refractivity contribution is -0.123. The first-order valence-corrected chi connectivity index (χ1v) is 8.95. The quantitative estimate of drug-likeness (QED) is 0.877. The summed E-state index contributed by atoms with van der Waals surface area (Å²) in [6.07, 6.45) is 5.69. The van der Waals surface area contributed by atoms with E-state index in [4.69, 9.17) is 4.74 Å². The van der Waals surface area contributed by atoms with Gasteiger partial charge in [-0.25, -0.2) is 0 Å². The second-order valence-electron chi connectivity index (χ2n) is 6.80. The minimum absolute atomic E-state index is 0.0724. The number of nitrogens with zero attached hydrogens (tertiary/aromatic N) is 1. The summed E-state index contributed by atoms with van der Waals surface area (Å²) >= 11 is 0. The Balaban J connectivity index is 1.60. The smallest absolute Gasteiger partial charge is 0.220 e. The molecule has 1 aromatic carbocycles. The van der Waals surface area contributed by atoms with Crippen molar-refractivity contribution in [1.29, 1.82) is 0 Å². The van der Waals surface area contributed by atoms with Crippen LogP contribution in [0.1, 0.15) is 43.7 Å². The molecule has 0 radical (unpaired) electrons. The first kappa shape index (κ1) is 16.5. The van der Waals surface area contributed by atoms with E-state index in [0.29, 0.717) is 12.3 Å². The summed E-state index contributed by atoms with van der Waals surface area (Å²) in [5, 5.41) is 3.29. The van der Waals surface area contributed by atoms with Crippen LogP contribution in [-0.2, 0) is 9.53 Å². The van der Waals surface area contributed by atoms with Crippen LogP contribution >= 0.6 is 0 Å². The first-order chi connectivity index (χ1) is 11.3. The Labute approximate surface area is 139 Å². The lowest BCUT2D eigenvalue weighted by Crippen LogP contribution is -2.43. The Bertz CT molecular complexity index is 479. The molecule has 126 valence electrons. The van der Waals surface area contributed by atoms with Crippen molar-refractivity contribution >= 4 is 5.91 Å². The number of carbonyl (C=O) groups excluding carboxylic acids is 1. The Kier molecular flexibility index (Phi) is 6.06. The number of ether oxygens (including phenoxy) is 1. The Morgan fingerprint density at radius 1 is 1.17 bits per heavy atom. The fraction of sp³-hybridized carbons (Fsp3) is 0.632. The molecule has 2 aliphatic rings. The van der Waals surface area contributed by atoms with E-state index < -0.39 is 0 Å². The molecule has 4 nitrogen and oxygen atoms in total. The summed E-state index contributed by atoms with van der Waals surface area (Å²) in [6, 6.07) is 10.4. The van der Waals surface area contributed by atoms with Crippen LogP contribution in [0, 0.1) is 5.92 Å². The van der Waals surface area contributed by atoms with Crippen LogP contribution in [0.2, 0.25) is 0 Å². The Morgan fingerprint density at radius 3 is 2.57 bits per heavy atom. The first-order valence-electron chi connectivity index (χ1n) is 8.95. The van der Waals surface area contributed by atoms with Crippen molar-refractivity contribution in [1.82, 2.24) is 10.2 Å². The third kappa shape index (κ3) is 5.05. The van der Waals surface area contributed by atoms with Crippen LogP contribution in [0.25, 0.3) is 0 Å². The Hall–Kier alpha value is -1.39. The molecular weight excluding hydrogens is 288 g/mol. The van der Waals surface area contributed by atoms with E-state index in [1.807, 2.05) is 18.2 Å². The third-order valence-corrected chi connectivity index (χ3v) is 5.03. The molecule has 1 saturated heterocycles. The lowest BCUT2D eigenvalue weighted by Gasteiger charge is -2.31. The maximum atomic E-state index is 12.5. The molecular formula is C19H28N2O2. The van der Waals surface area contributed by atoms with E-state index in [0.717, 1.165) is 32.8 Å². The minimum Gasteiger partial charge on any atom is -0.379 e. The van der Waals surface area contributed by atoms with Crippen molar-refractivity contribution in [2.24, 2.45) is 5.92 Å². The highest BCUT2D eigenvalue weighted by atomic mass is 16.5. The molecule has 0 bridgehead atoms. The predicted octanol–water partition coefficient (Wildman–Crippen LogP) is 2.76. The highest BCUT2D eigenvalue weighted by molar-refractivity contribution is 5.76. The van der Waals surface area contributed by atoms with Crippen LogP contribution in [0.5, 0.6) is 0 Å². The number of hydrogen-bond donors (Lipinski definition) is 1. The van der Waals surface area contributed by atoms with Gasteiger partial charge in [0.25, 0.3) is 0 Å². The molecule has 1 heterocycles. The fourth-order valence-electron chi connectivity index (χ4n) is 3.69. The zero-order chi connectivity index (χ0) is 15.9. The maximum absolute atomic E-state index is 12.5. The number of benzene rings is 1. The van der Waals surface area contributed by atoms with E-state index in [1.165, 1.54) is 31.2 Å². The predicted molar refractivity (Wildman–Crippen MR) is 91.2 cm³/mol. The van der Waals surface area contributed by atoms with E-state index in [9.17, 15) is 4.79 Å². The van der Waals surface area contributed by atoms with Gasteiger partial charge in [0.2, 0.25) is 5.91 Å². The van der Waals surface area contributed by atoms with Gasteiger partial charge in [0.05, 0.1) is 19.3 Å². The van der Waals surface area contributed by atoms with Crippen molar-refractivity contribution in [3.05, 3.63) is 35.9 Å². The molecule has 1 unspecified atom stereocenters. The van der Waals surface area contributed by atoms with Gasteiger partial charge in [0.15, 0.2) is 0 Å². The number of amides is 1. The average molecular weight is 316 g/mol. The summed E-state index contributed by atoms with van der Waals surface area (Å²) < 4.78 is 5.43. The number of hydrogen-bond acceptors (Lipinski definition) is 3. The molecule has 1 aromatic rings. The van der Waals surface area contributed by atoms with E-state index in [-0.39, 0.29) is 11.9 Å². The lowest BCUT2D eigenvalue weighted by atomic mass is 10.0. The number of rotatable bonds is 6. The Morgan fingerprint density at radius 2 is 1.87 bits per heavy atom. The molecule has 1 amide bonds. The minimum atomic E-state index is 0.0724. The van der Waals surface area contributed by atoms with Gasteiger partial charge in [-0.05, 0) is 24.3 Å². The zero-order valence-corrected chi connectivity index (χ0v) is 13.9. The van der Waals surface area contributed by atoms with Crippen molar-refractivity contribution in [2.75, 3.05) is 32.8 Å². The topological polar surface area (TPSA) is 41.6 Å². The summed E-state index contributed by atoms with van der Waals surface area (Å²) in [6.45, 7) is 4.34. The van der Waals surface area contributed by atoms with E-state index in [2.05, 4.69) is 22.3 Å². The van der Waals surface area contributed by atoms with Gasteiger partial charge in [0, 0.05) is 26.1 Å². The van der Waals surface area contributed by atoms with Gasteiger partial charge in [-0.1, -0.05) is 43.2 Å². The van der Waals surface area contributed by atoms with Gasteiger partial charge in [0.1, 0.15) is 0 Å². The van der Waals surface area contributed by atoms with Crippen molar-refractivity contribution in [3.8, 4) is 0 Å². The number of carbonyl (C=O) groups is 1. The molecule has 0 aromatic heterocycles. The zero-order valence-electron chi connectivity index (χ0n) is 13.9. The van der Waals surface area contributed by atoms with Crippen LogP contribution in [0.4, 0.5) is 0 Å². The summed E-state index contributed by atoms with van der Waals surface area (Å²) in [7, 11) is 0. The maximum Gasteiger partial charge on any atom is 0.220 e. The molecule has 1 saturated carbocycles. The monoisotopic (exact) mass is 316 g/mol. The molecule has 0 spiro atoms. The standard InChI is InChI=1S/C19H28N2O2/c22-19(14-16-6-4-5-7-16)20-18(17-8-2-1-3-9-17)15-21-10-12-23-13-11-21/h1-3,8-9,16,18H,4-7,10-15H2,(H,20,22). The largest absolute Gasteiger partial charge is 0.379 e. The molecule has 23 heavy (non-hydrogen) atoms. The van der Waals surface area contributed by atoms with Crippen LogP contribution < -0.4 is 5.32 Å². The highest BCUT2D eigenvalue weighted by Crippen LogP contribution is 2.27.